The number of benzene rings is 2. The van der Waals surface area contributed by atoms with Gasteiger partial charge in [0.15, 0.2) is 9.84 Å². The summed E-state index contributed by atoms with van der Waals surface area (Å²) in [6.07, 6.45) is 0. The molecule has 1 N–H and O–H groups in total. The fourth-order valence-electron chi connectivity index (χ4n) is 2.82. The molecule has 0 saturated carbocycles. The molecule has 0 aliphatic rings. The molecule has 1 amide bonds. The van der Waals surface area contributed by atoms with Crippen LogP contribution in [0.2, 0.25) is 5.02 Å². The van der Waals surface area contributed by atoms with E-state index in [0.717, 1.165) is 0 Å². The van der Waals surface area contributed by atoms with Gasteiger partial charge in [-0.05, 0) is 29.8 Å². The number of aromatic nitrogens is 2. The topological polar surface area (TPSA) is 90.2 Å². The molecule has 27 heavy (non-hydrogen) atoms. The van der Waals surface area contributed by atoms with Crippen molar-refractivity contribution in [1.29, 1.82) is 0 Å². The van der Waals surface area contributed by atoms with Crippen LogP contribution in [0.25, 0.3) is 11.0 Å². The Bertz CT molecular complexity index is 1200. The summed E-state index contributed by atoms with van der Waals surface area (Å²) in [5, 5.41) is 3.06. The zero-order valence-electron chi connectivity index (χ0n) is 14.8. The molecule has 142 valence electrons. The van der Waals surface area contributed by atoms with Gasteiger partial charge in [0.05, 0.1) is 15.9 Å². The highest BCUT2D eigenvalue weighted by Gasteiger charge is 2.21. The van der Waals surface area contributed by atoms with Gasteiger partial charge in [0, 0.05) is 25.7 Å². The summed E-state index contributed by atoms with van der Waals surface area (Å²) < 4.78 is 28.0. The lowest BCUT2D eigenvalue weighted by Gasteiger charge is -2.08. The summed E-state index contributed by atoms with van der Waals surface area (Å²) in [6, 6.07) is 11.4. The predicted molar refractivity (Wildman–Crippen MR) is 104 cm³/mol. The van der Waals surface area contributed by atoms with E-state index in [1.54, 1.807) is 44.4 Å². The van der Waals surface area contributed by atoms with Crippen LogP contribution >= 0.6 is 11.6 Å². The summed E-state index contributed by atoms with van der Waals surface area (Å²) in [5.41, 5.74) is 1.55. The highest BCUT2D eigenvalue weighted by Crippen LogP contribution is 2.19. The molecule has 0 spiro atoms. The predicted octanol–water partition coefficient (Wildman–Crippen LogP) is 1.62. The number of nitrogens with one attached hydrogen (secondary N) is 1. The normalized spacial score (nSPS) is 11.7. The number of carbonyl (C=O) groups is 1. The first-order valence-corrected chi connectivity index (χ1v) is 10.1. The molecule has 0 aliphatic heterocycles. The minimum absolute atomic E-state index is 0.0101. The standard InChI is InChI=1S/C18H18ClN3O4S/c1-21-15-8-7-13(9-16(15)22(2)18(21)24)27(25,26)11-17(23)20-10-12-5-3-4-6-14(12)19/h3-9H,10-11H2,1-2H3,(H,20,23). The van der Waals surface area contributed by atoms with E-state index in [1.807, 2.05) is 0 Å². The van der Waals surface area contributed by atoms with Gasteiger partial charge >= 0.3 is 5.69 Å². The number of hydrogen-bond donors (Lipinski definition) is 1. The van der Waals surface area contributed by atoms with Crippen molar-refractivity contribution in [2.45, 2.75) is 11.4 Å². The van der Waals surface area contributed by atoms with E-state index >= 15 is 0 Å². The van der Waals surface area contributed by atoms with Crippen LogP contribution < -0.4 is 11.0 Å². The molecule has 0 aliphatic carbocycles. The van der Waals surface area contributed by atoms with E-state index in [1.165, 1.54) is 21.3 Å². The van der Waals surface area contributed by atoms with Gasteiger partial charge in [-0.15, -0.1) is 0 Å². The third-order valence-corrected chi connectivity index (χ3v) is 6.34. The van der Waals surface area contributed by atoms with Gasteiger partial charge < -0.3 is 5.32 Å². The Kier molecular flexibility index (Phi) is 5.12. The maximum Gasteiger partial charge on any atom is 0.328 e. The molecule has 0 unspecified atom stereocenters. The second-order valence-corrected chi connectivity index (χ2v) is 8.58. The number of aryl methyl sites for hydroxylation is 2. The molecular weight excluding hydrogens is 390 g/mol. The molecule has 9 heteroatoms. The molecule has 0 bridgehead atoms. The van der Waals surface area contributed by atoms with Crippen molar-refractivity contribution in [2.24, 2.45) is 14.1 Å². The number of rotatable bonds is 5. The van der Waals surface area contributed by atoms with Crippen molar-refractivity contribution < 1.29 is 13.2 Å². The number of carbonyl (C=O) groups excluding carboxylic acids is 1. The van der Waals surface area contributed by atoms with Crippen LogP contribution in [0.3, 0.4) is 0 Å². The fourth-order valence-corrected chi connectivity index (χ4v) is 4.21. The lowest BCUT2D eigenvalue weighted by atomic mass is 10.2. The Labute approximate surface area is 161 Å². The molecule has 1 aromatic heterocycles. The molecule has 0 fully saturated rings. The highest BCUT2D eigenvalue weighted by atomic mass is 35.5. The molecule has 0 atom stereocenters. The van der Waals surface area contributed by atoms with E-state index in [-0.39, 0.29) is 17.1 Å². The minimum atomic E-state index is -3.86. The summed E-state index contributed by atoms with van der Waals surface area (Å²) in [4.78, 5) is 24.1. The first-order valence-electron chi connectivity index (χ1n) is 8.09. The van der Waals surface area contributed by atoms with Crippen molar-refractivity contribution in [3.8, 4) is 0 Å². The van der Waals surface area contributed by atoms with Crippen molar-refractivity contribution in [3.63, 3.8) is 0 Å². The van der Waals surface area contributed by atoms with Crippen molar-refractivity contribution >= 4 is 38.4 Å². The lowest BCUT2D eigenvalue weighted by molar-refractivity contribution is -0.118. The Hall–Kier alpha value is -2.58. The van der Waals surface area contributed by atoms with Gasteiger partial charge in [0.1, 0.15) is 5.75 Å². The van der Waals surface area contributed by atoms with E-state index in [2.05, 4.69) is 5.32 Å². The van der Waals surface area contributed by atoms with Crippen molar-refractivity contribution in [3.05, 3.63) is 63.5 Å². The van der Waals surface area contributed by atoms with E-state index in [4.69, 9.17) is 11.6 Å². The van der Waals surface area contributed by atoms with Crippen LogP contribution in [-0.4, -0.2) is 29.2 Å². The van der Waals surface area contributed by atoms with Crippen molar-refractivity contribution in [1.82, 2.24) is 14.5 Å². The summed E-state index contributed by atoms with van der Waals surface area (Å²) in [5.74, 6) is -1.32. The highest BCUT2D eigenvalue weighted by molar-refractivity contribution is 7.92. The van der Waals surface area contributed by atoms with Crippen LogP contribution in [0.5, 0.6) is 0 Å². The van der Waals surface area contributed by atoms with Gasteiger partial charge in [-0.2, -0.15) is 0 Å². The first-order chi connectivity index (χ1) is 12.7. The number of hydrogen-bond acceptors (Lipinski definition) is 4. The quantitative estimate of drug-likeness (QED) is 0.695. The third kappa shape index (κ3) is 3.77. The number of halogens is 1. The van der Waals surface area contributed by atoms with Crippen molar-refractivity contribution in [2.75, 3.05) is 5.75 Å². The monoisotopic (exact) mass is 407 g/mol. The lowest BCUT2D eigenvalue weighted by Crippen LogP contribution is -2.30. The molecular formula is C18H18ClN3O4S. The third-order valence-electron chi connectivity index (χ3n) is 4.36. The number of fused-ring (bicyclic) bond motifs is 1. The SMILES string of the molecule is Cn1c(=O)n(C)c2cc(S(=O)(=O)CC(=O)NCc3ccccc3Cl)ccc21. The smallest absolute Gasteiger partial charge is 0.328 e. The number of nitrogens with zero attached hydrogens (tertiary/aromatic N) is 2. The van der Waals surface area contributed by atoms with Crippen LogP contribution in [0.4, 0.5) is 0 Å². The zero-order valence-corrected chi connectivity index (χ0v) is 16.3. The molecule has 0 radical (unpaired) electrons. The molecule has 7 nitrogen and oxygen atoms in total. The molecule has 2 aromatic carbocycles. The summed E-state index contributed by atoms with van der Waals surface area (Å²) in [6.45, 7) is 0.139. The van der Waals surface area contributed by atoms with Crippen LogP contribution in [0.15, 0.2) is 52.2 Å². The van der Waals surface area contributed by atoms with Gasteiger partial charge in [-0.3, -0.25) is 13.9 Å². The maximum absolute atomic E-state index is 12.6. The van der Waals surface area contributed by atoms with E-state index in [9.17, 15) is 18.0 Å². The largest absolute Gasteiger partial charge is 0.351 e. The number of sulfone groups is 1. The second-order valence-electron chi connectivity index (χ2n) is 6.18. The number of amides is 1. The minimum Gasteiger partial charge on any atom is -0.351 e. The van der Waals surface area contributed by atoms with Gasteiger partial charge in [-0.25, -0.2) is 13.2 Å². The molecule has 0 saturated heterocycles. The average Bonchev–Trinajstić information content (AvgIpc) is 2.85. The van der Waals surface area contributed by atoms with E-state index < -0.39 is 21.5 Å². The zero-order chi connectivity index (χ0) is 19.8. The molecule has 3 rings (SSSR count). The second kappa shape index (κ2) is 7.21. The fraction of sp³-hybridized carbons (Fsp3) is 0.222. The van der Waals surface area contributed by atoms with Crippen LogP contribution in [-0.2, 0) is 35.3 Å². The Morgan fingerprint density at radius 1 is 1.07 bits per heavy atom. The summed E-state index contributed by atoms with van der Waals surface area (Å²) >= 11 is 6.02. The maximum atomic E-state index is 12.6. The Morgan fingerprint density at radius 2 is 1.74 bits per heavy atom. The average molecular weight is 408 g/mol. The van der Waals surface area contributed by atoms with Gasteiger partial charge in [-0.1, -0.05) is 29.8 Å². The van der Waals surface area contributed by atoms with Crippen LogP contribution in [0, 0.1) is 0 Å². The Morgan fingerprint density at radius 3 is 2.44 bits per heavy atom. The number of imidazole rings is 1. The molecule has 3 aromatic rings. The van der Waals surface area contributed by atoms with Crippen LogP contribution in [0.1, 0.15) is 5.56 Å². The Balaban J connectivity index is 1.79. The van der Waals surface area contributed by atoms with Gasteiger partial charge in [0.25, 0.3) is 0 Å². The summed E-state index contributed by atoms with van der Waals surface area (Å²) in [7, 11) is -0.677. The first kappa shape index (κ1) is 19.2. The van der Waals surface area contributed by atoms with Gasteiger partial charge in [0.2, 0.25) is 5.91 Å². The molecule has 1 heterocycles. The van der Waals surface area contributed by atoms with E-state index in [0.29, 0.717) is 21.6 Å².